The number of hydrogen-bond acceptors (Lipinski definition) is 7. The molecule has 9 heteroatoms. The number of aromatic nitrogens is 1. The first-order valence-electron chi connectivity index (χ1n) is 12.8. The number of fused-ring (bicyclic) bond motifs is 1. The summed E-state index contributed by atoms with van der Waals surface area (Å²) in [5, 5.41) is 0. The molecule has 1 aromatic heterocycles. The van der Waals surface area contributed by atoms with E-state index in [0.29, 0.717) is 38.7 Å². The van der Waals surface area contributed by atoms with Gasteiger partial charge in [-0.2, -0.15) is 0 Å². The Kier molecular flexibility index (Phi) is 8.51. The Morgan fingerprint density at radius 1 is 1.05 bits per heavy atom. The van der Waals surface area contributed by atoms with Gasteiger partial charge in [-0.05, 0) is 65.8 Å². The van der Waals surface area contributed by atoms with Gasteiger partial charge < -0.3 is 14.2 Å². The van der Waals surface area contributed by atoms with Gasteiger partial charge in [0.25, 0.3) is 5.56 Å². The summed E-state index contributed by atoms with van der Waals surface area (Å²) in [4.78, 5) is 32.9. The predicted molar refractivity (Wildman–Crippen MR) is 164 cm³/mol. The van der Waals surface area contributed by atoms with Crippen LogP contribution in [-0.2, 0) is 9.53 Å². The molecule has 2 heterocycles. The molecule has 0 bridgehead atoms. The summed E-state index contributed by atoms with van der Waals surface area (Å²) in [6, 6.07) is 22.1. The largest absolute Gasteiger partial charge is 0.493 e. The van der Waals surface area contributed by atoms with E-state index in [1.54, 1.807) is 18.6 Å². The van der Waals surface area contributed by atoms with Crippen molar-refractivity contribution >= 4 is 51.7 Å². The quantitative estimate of drug-likeness (QED) is 0.197. The minimum absolute atomic E-state index is 0.203. The van der Waals surface area contributed by atoms with E-state index in [1.165, 1.54) is 11.3 Å². The minimum atomic E-state index is -0.705. The molecule has 0 unspecified atom stereocenters. The van der Waals surface area contributed by atoms with Crippen LogP contribution in [0.4, 0.5) is 0 Å². The average molecular weight is 667 g/mol. The summed E-state index contributed by atoms with van der Waals surface area (Å²) in [6.45, 7) is 4.40. The van der Waals surface area contributed by atoms with Crippen LogP contribution in [0.25, 0.3) is 11.8 Å². The predicted octanol–water partition coefficient (Wildman–Crippen LogP) is 4.95. The van der Waals surface area contributed by atoms with Crippen LogP contribution in [0.3, 0.4) is 0 Å². The highest BCUT2D eigenvalue weighted by atomic mass is 127. The van der Waals surface area contributed by atoms with Crippen LogP contribution in [0.1, 0.15) is 36.6 Å². The van der Waals surface area contributed by atoms with Crippen molar-refractivity contribution in [3.63, 3.8) is 0 Å². The molecule has 0 amide bonds. The number of hydrogen-bond donors (Lipinski definition) is 0. The highest BCUT2D eigenvalue weighted by Crippen LogP contribution is 2.36. The van der Waals surface area contributed by atoms with Gasteiger partial charge >= 0.3 is 5.97 Å². The van der Waals surface area contributed by atoms with Crippen molar-refractivity contribution in [2.45, 2.75) is 19.9 Å². The first-order chi connectivity index (χ1) is 19.5. The van der Waals surface area contributed by atoms with Crippen LogP contribution in [0.5, 0.6) is 11.5 Å². The zero-order valence-electron chi connectivity index (χ0n) is 22.2. The van der Waals surface area contributed by atoms with Gasteiger partial charge in [0.1, 0.15) is 0 Å². The van der Waals surface area contributed by atoms with Crippen molar-refractivity contribution in [2.75, 3.05) is 20.3 Å². The lowest BCUT2D eigenvalue weighted by Crippen LogP contribution is -2.40. The molecule has 3 aromatic carbocycles. The Morgan fingerprint density at radius 3 is 2.40 bits per heavy atom. The summed E-state index contributed by atoms with van der Waals surface area (Å²) < 4.78 is 19.8. The normalized spacial score (nSPS) is 14.9. The first-order valence-corrected chi connectivity index (χ1v) is 14.7. The maximum Gasteiger partial charge on any atom is 0.338 e. The average Bonchev–Trinajstić information content (AvgIpc) is 3.28. The Balaban J connectivity index is 1.78. The molecule has 7 nitrogen and oxygen atoms in total. The van der Waals surface area contributed by atoms with Gasteiger partial charge in [-0.25, -0.2) is 9.79 Å². The number of carbonyl (C=O) groups excluding carboxylic acids is 1. The molecule has 0 fully saturated rings. The number of esters is 1. The zero-order chi connectivity index (χ0) is 28.2. The monoisotopic (exact) mass is 666 g/mol. The Hall–Kier alpha value is -3.70. The lowest BCUT2D eigenvalue weighted by Gasteiger charge is -2.25. The van der Waals surface area contributed by atoms with Crippen LogP contribution in [0.15, 0.2) is 88.2 Å². The van der Waals surface area contributed by atoms with E-state index in [2.05, 4.69) is 22.6 Å². The highest BCUT2D eigenvalue weighted by molar-refractivity contribution is 14.1. The van der Waals surface area contributed by atoms with Crippen LogP contribution in [-0.4, -0.2) is 30.9 Å². The van der Waals surface area contributed by atoms with Crippen LogP contribution in [0, 0.1) is 3.57 Å². The van der Waals surface area contributed by atoms with Gasteiger partial charge in [0, 0.05) is 5.56 Å². The minimum Gasteiger partial charge on any atom is -0.493 e. The molecule has 1 atom stereocenters. The molecule has 5 rings (SSSR count). The SMILES string of the molecule is CCOC(=O)C1=C(c2ccccc2)N=c2s/c(=C\c3cc(I)c(OCC)c(OC)c3)c(=O)n2[C@H]1c1ccccc1. The Morgan fingerprint density at radius 2 is 1.75 bits per heavy atom. The van der Waals surface area contributed by atoms with E-state index >= 15 is 0 Å². The van der Waals surface area contributed by atoms with Crippen molar-refractivity contribution in [3.8, 4) is 11.5 Å². The van der Waals surface area contributed by atoms with Crippen LogP contribution < -0.4 is 24.4 Å². The molecule has 0 aliphatic carbocycles. The summed E-state index contributed by atoms with van der Waals surface area (Å²) >= 11 is 3.48. The van der Waals surface area contributed by atoms with Gasteiger partial charge in [0.05, 0.1) is 45.7 Å². The first kappa shape index (κ1) is 27.9. The number of benzene rings is 3. The molecule has 0 saturated heterocycles. The smallest absolute Gasteiger partial charge is 0.338 e. The van der Waals surface area contributed by atoms with Crippen molar-refractivity contribution in [1.82, 2.24) is 4.57 Å². The van der Waals surface area contributed by atoms with Gasteiger partial charge in [0.2, 0.25) is 0 Å². The molecule has 0 spiro atoms. The van der Waals surface area contributed by atoms with Crippen molar-refractivity contribution < 1.29 is 19.0 Å². The van der Waals surface area contributed by atoms with Crippen molar-refractivity contribution in [3.05, 3.63) is 118 Å². The van der Waals surface area contributed by atoms with Gasteiger partial charge in [0.15, 0.2) is 16.3 Å². The Bertz CT molecular complexity index is 1760. The van der Waals surface area contributed by atoms with Crippen molar-refractivity contribution in [2.24, 2.45) is 4.99 Å². The number of methoxy groups -OCH3 is 1. The molecular weight excluding hydrogens is 639 g/mol. The van der Waals surface area contributed by atoms with Crippen LogP contribution in [0.2, 0.25) is 0 Å². The third kappa shape index (κ3) is 5.35. The number of rotatable bonds is 8. The second-order valence-electron chi connectivity index (χ2n) is 8.81. The topological polar surface area (TPSA) is 79.1 Å². The maximum absolute atomic E-state index is 14.0. The van der Waals surface area contributed by atoms with E-state index in [9.17, 15) is 9.59 Å². The lowest BCUT2D eigenvalue weighted by atomic mass is 9.93. The number of nitrogens with zero attached hydrogens (tertiary/aromatic N) is 2. The number of carbonyl (C=O) groups is 1. The third-order valence-corrected chi connectivity index (χ3v) is 8.11. The van der Waals surface area contributed by atoms with Crippen molar-refractivity contribution in [1.29, 1.82) is 0 Å². The highest BCUT2D eigenvalue weighted by Gasteiger charge is 2.35. The molecule has 0 radical (unpaired) electrons. The molecule has 1 aliphatic heterocycles. The summed E-state index contributed by atoms with van der Waals surface area (Å²) in [7, 11) is 1.59. The van der Waals surface area contributed by atoms with E-state index in [0.717, 1.165) is 20.3 Å². The number of ether oxygens (including phenoxy) is 3. The number of thiazole rings is 1. The summed E-state index contributed by atoms with van der Waals surface area (Å²) in [5.74, 6) is 0.754. The van der Waals surface area contributed by atoms with Gasteiger partial charge in [-0.3, -0.25) is 9.36 Å². The third-order valence-electron chi connectivity index (χ3n) is 6.33. The van der Waals surface area contributed by atoms with Gasteiger partial charge in [-0.1, -0.05) is 72.0 Å². The second kappa shape index (κ2) is 12.2. The van der Waals surface area contributed by atoms with E-state index in [4.69, 9.17) is 19.2 Å². The van der Waals surface area contributed by atoms with E-state index < -0.39 is 12.0 Å². The molecule has 0 saturated carbocycles. The van der Waals surface area contributed by atoms with Crippen LogP contribution >= 0.6 is 33.9 Å². The van der Waals surface area contributed by atoms with Gasteiger partial charge in [-0.15, -0.1) is 0 Å². The fourth-order valence-corrected chi connectivity index (χ4v) is 6.43. The standard InChI is InChI=1S/C31H27IN2O5S/c1-4-38-28-22(32)16-19(17-23(28)37-3)18-24-29(35)34-27(21-14-10-7-11-15-21)25(30(36)39-5-2)26(33-31(34)40-24)20-12-8-6-9-13-20/h6-18,27H,4-5H2,1-3H3/b24-18-/t27-/m0/s1. The molecule has 4 aromatic rings. The lowest BCUT2D eigenvalue weighted by molar-refractivity contribution is -0.138. The molecular formula is C31H27IN2O5S. The summed E-state index contributed by atoms with van der Waals surface area (Å²) in [5.41, 5.74) is 2.94. The summed E-state index contributed by atoms with van der Waals surface area (Å²) in [6.07, 6.45) is 1.82. The van der Waals surface area contributed by atoms with E-state index in [1.807, 2.05) is 85.8 Å². The van der Waals surface area contributed by atoms with E-state index in [-0.39, 0.29) is 12.2 Å². The maximum atomic E-state index is 14.0. The Labute approximate surface area is 249 Å². The molecule has 204 valence electrons. The fourth-order valence-electron chi connectivity index (χ4n) is 4.65. The molecule has 0 N–H and O–H groups in total. The molecule has 40 heavy (non-hydrogen) atoms. The fraction of sp³-hybridized carbons (Fsp3) is 0.194. The molecule has 1 aliphatic rings. The second-order valence-corrected chi connectivity index (χ2v) is 11.0. The zero-order valence-corrected chi connectivity index (χ0v) is 25.2. The number of halogens is 1.